The molecule has 0 bridgehead atoms. The van der Waals surface area contributed by atoms with Gasteiger partial charge in [0.2, 0.25) is 0 Å². The van der Waals surface area contributed by atoms with Crippen LogP contribution in [0, 0.1) is 0 Å². The lowest BCUT2D eigenvalue weighted by molar-refractivity contribution is -0.132. The van der Waals surface area contributed by atoms with Crippen molar-refractivity contribution in [1.29, 1.82) is 0 Å². The third-order valence-corrected chi connectivity index (χ3v) is 4.44. The highest BCUT2D eigenvalue weighted by Crippen LogP contribution is 2.37. The van der Waals surface area contributed by atoms with E-state index in [1.54, 1.807) is 0 Å². The van der Waals surface area contributed by atoms with E-state index < -0.39 is 12.6 Å². The molecule has 3 nitrogen and oxygen atoms in total. The Morgan fingerprint density at radius 2 is 2.05 bits per heavy atom. The number of alkyl halides is 3. The van der Waals surface area contributed by atoms with Gasteiger partial charge in [0.05, 0.1) is 13.0 Å². The number of halogens is 4. The van der Waals surface area contributed by atoms with Crippen LogP contribution in [0.2, 0.25) is 0 Å². The molecule has 120 valence electrons. The van der Waals surface area contributed by atoms with E-state index in [9.17, 15) is 13.2 Å². The number of rotatable bonds is 5. The molecule has 0 aliphatic carbocycles. The molecule has 1 fully saturated rings. The van der Waals surface area contributed by atoms with Crippen LogP contribution in [0.1, 0.15) is 33.1 Å². The fourth-order valence-corrected chi connectivity index (χ4v) is 3.10. The maximum absolute atomic E-state index is 12.1. The molecule has 1 aliphatic heterocycles. The van der Waals surface area contributed by atoms with Crippen molar-refractivity contribution < 1.29 is 13.2 Å². The van der Waals surface area contributed by atoms with E-state index in [2.05, 4.69) is 22.5 Å². The fourth-order valence-electron chi connectivity index (χ4n) is 1.87. The molecule has 8 heteroatoms. The van der Waals surface area contributed by atoms with Gasteiger partial charge in [-0.25, -0.2) is 0 Å². The molecule has 1 unspecified atom stereocenters. The van der Waals surface area contributed by atoms with Crippen molar-refractivity contribution in [2.75, 3.05) is 25.4 Å². The van der Waals surface area contributed by atoms with Crippen LogP contribution in [0.15, 0.2) is 4.99 Å². The topological polar surface area (TPSA) is 36.4 Å². The van der Waals surface area contributed by atoms with E-state index in [1.165, 1.54) is 6.42 Å². The summed E-state index contributed by atoms with van der Waals surface area (Å²) in [6.45, 7) is 5.19. The molecule has 1 rings (SSSR count). The minimum Gasteiger partial charge on any atom is -0.357 e. The minimum atomic E-state index is -4.13. The third kappa shape index (κ3) is 8.43. The Labute approximate surface area is 140 Å². The molecular weight excluding hydrogens is 402 g/mol. The first kappa shape index (κ1) is 20.1. The highest BCUT2D eigenvalue weighted by atomic mass is 127. The smallest absolute Gasteiger partial charge is 0.357 e. The summed E-state index contributed by atoms with van der Waals surface area (Å²) < 4.78 is 36.4. The number of guanidine groups is 1. The Kier molecular flexibility index (Phi) is 9.28. The summed E-state index contributed by atoms with van der Waals surface area (Å²) in [4.78, 5) is 4.39. The second-order valence-corrected chi connectivity index (χ2v) is 6.57. The van der Waals surface area contributed by atoms with Crippen LogP contribution in [0.3, 0.4) is 0 Å². The van der Waals surface area contributed by atoms with Gasteiger partial charge >= 0.3 is 6.18 Å². The standard InChI is InChI=1S/C12H22F3N3S.HI/c1-3-16-10(17-7-6-12(13,14)15)18-9-11(2)5-4-8-19-11;/h3-9H2,1-2H3,(H2,16,17,18);1H. The van der Waals surface area contributed by atoms with Crippen molar-refractivity contribution in [3.8, 4) is 0 Å². The maximum Gasteiger partial charge on any atom is 0.390 e. The lowest BCUT2D eigenvalue weighted by Crippen LogP contribution is -2.40. The quantitative estimate of drug-likeness (QED) is 0.403. The second kappa shape index (κ2) is 9.22. The molecule has 0 saturated carbocycles. The second-order valence-electron chi connectivity index (χ2n) is 4.89. The number of thioether (sulfide) groups is 1. The number of aliphatic imine (C=N–C) groups is 1. The van der Waals surface area contributed by atoms with E-state index in [0.29, 0.717) is 19.0 Å². The van der Waals surface area contributed by atoms with E-state index in [0.717, 1.165) is 12.2 Å². The van der Waals surface area contributed by atoms with Gasteiger partial charge in [0.15, 0.2) is 5.96 Å². The number of hydrogen-bond donors (Lipinski definition) is 2. The van der Waals surface area contributed by atoms with Gasteiger partial charge in [0, 0.05) is 17.8 Å². The maximum atomic E-state index is 12.1. The summed E-state index contributed by atoms with van der Waals surface area (Å²) >= 11 is 1.89. The Bertz CT molecular complexity index is 305. The van der Waals surface area contributed by atoms with E-state index in [4.69, 9.17) is 0 Å². The van der Waals surface area contributed by atoms with E-state index >= 15 is 0 Å². The Balaban J connectivity index is 0.00000361. The third-order valence-electron chi connectivity index (χ3n) is 2.92. The van der Waals surface area contributed by atoms with Gasteiger partial charge in [0.1, 0.15) is 0 Å². The highest BCUT2D eigenvalue weighted by Gasteiger charge is 2.29. The molecule has 0 spiro atoms. The van der Waals surface area contributed by atoms with Gasteiger partial charge in [-0.15, -0.1) is 24.0 Å². The molecule has 1 atom stereocenters. The molecule has 20 heavy (non-hydrogen) atoms. The summed E-state index contributed by atoms with van der Waals surface area (Å²) in [7, 11) is 0. The number of nitrogens with zero attached hydrogens (tertiary/aromatic N) is 1. The van der Waals surface area contributed by atoms with Gasteiger partial charge in [-0.3, -0.25) is 4.99 Å². The van der Waals surface area contributed by atoms with Crippen molar-refractivity contribution in [3.63, 3.8) is 0 Å². The van der Waals surface area contributed by atoms with Crippen molar-refractivity contribution in [2.24, 2.45) is 4.99 Å². The summed E-state index contributed by atoms with van der Waals surface area (Å²) in [5, 5.41) is 5.70. The predicted molar refractivity (Wildman–Crippen MR) is 90.2 cm³/mol. The zero-order valence-electron chi connectivity index (χ0n) is 11.8. The molecule has 0 aromatic heterocycles. The first-order valence-electron chi connectivity index (χ1n) is 6.57. The van der Waals surface area contributed by atoms with Crippen LogP contribution < -0.4 is 10.6 Å². The Morgan fingerprint density at radius 3 is 2.55 bits per heavy atom. The van der Waals surface area contributed by atoms with Crippen molar-refractivity contribution in [3.05, 3.63) is 0 Å². The van der Waals surface area contributed by atoms with E-state index in [1.807, 2.05) is 18.7 Å². The highest BCUT2D eigenvalue weighted by molar-refractivity contribution is 14.0. The molecule has 0 amide bonds. The Hall–Kier alpha value is 0.140. The average molecular weight is 425 g/mol. The molecule has 0 aromatic rings. The molecular formula is C12H23F3IN3S. The van der Waals surface area contributed by atoms with Gasteiger partial charge in [-0.2, -0.15) is 24.9 Å². The summed E-state index contributed by atoms with van der Waals surface area (Å²) in [6, 6.07) is 0. The first-order valence-corrected chi connectivity index (χ1v) is 7.56. The molecule has 2 N–H and O–H groups in total. The summed E-state index contributed by atoms with van der Waals surface area (Å²) in [5.41, 5.74) is 0. The van der Waals surface area contributed by atoms with Gasteiger partial charge in [0.25, 0.3) is 0 Å². The van der Waals surface area contributed by atoms with Crippen LogP contribution >= 0.6 is 35.7 Å². The monoisotopic (exact) mass is 425 g/mol. The zero-order valence-corrected chi connectivity index (χ0v) is 15.0. The molecule has 0 radical (unpaired) electrons. The van der Waals surface area contributed by atoms with Crippen molar-refractivity contribution in [1.82, 2.24) is 10.6 Å². The first-order chi connectivity index (χ1) is 8.85. The lowest BCUT2D eigenvalue weighted by Gasteiger charge is -2.21. The normalized spacial score (nSPS) is 23.4. The predicted octanol–water partition coefficient (Wildman–Crippen LogP) is 3.40. The number of hydrogen-bond acceptors (Lipinski definition) is 2. The average Bonchev–Trinajstić information content (AvgIpc) is 2.72. The van der Waals surface area contributed by atoms with E-state index in [-0.39, 0.29) is 35.3 Å². The Morgan fingerprint density at radius 1 is 1.35 bits per heavy atom. The number of nitrogens with one attached hydrogen (secondary N) is 2. The van der Waals surface area contributed by atoms with Crippen LogP contribution in [0.5, 0.6) is 0 Å². The molecule has 0 aromatic carbocycles. The summed E-state index contributed by atoms with van der Waals surface area (Å²) in [5.74, 6) is 1.62. The molecule has 1 saturated heterocycles. The van der Waals surface area contributed by atoms with Crippen LogP contribution in [0.25, 0.3) is 0 Å². The zero-order chi connectivity index (χ0) is 14.4. The van der Waals surface area contributed by atoms with Crippen molar-refractivity contribution >= 4 is 41.7 Å². The van der Waals surface area contributed by atoms with Crippen LogP contribution in [0.4, 0.5) is 13.2 Å². The molecule has 1 aliphatic rings. The summed E-state index contributed by atoms with van der Waals surface area (Å²) in [6.07, 6.45) is -2.67. The van der Waals surface area contributed by atoms with Gasteiger partial charge < -0.3 is 10.6 Å². The fraction of sp³-hybridized carbons (Fsp3) is 0.917. The van der Waals surface area contributed by atoms with Gasteiger partial charge in [-0.05, 0) is 32.4 Å². The van der Waals surface area contributed by atoms with Crippen LogP contribution in [-0.2, 0) is 0 Å². The van der Waals surface area contributed by atoms with Gasteiger partial charge in [-0.1, -0.05) is 0 Å². The SMILES string of the molecule is CCNC(=NCC1(C)CCCS1)NCCC(F)(F)F.I. The largest absolute Gasteiger partial charge is 0.390 e. The minimum absolute atomic E-state index is 0. The molecule has 1 heterocycles. The lowest BCUT2D eigenvalue weighted by atomic mass is 10.1. The van der Waals surface area contributed by atoms with Crippen LogP contribution in [-0.4, -0.2) is 42.3 Å². The van der Waals surface area contributed by atoms with Crippen molar-refractivity contribution in [2.45, 2.75) is 44.0 Å².